The van der Waals surface area contributed by atoms with Crippen molar-refractivity contribution >= 4 is 5.91 Å². The van der Waals surface area contributed by atoms with Crippen LogP contribution in [0.5, 0.6) is 0 Å². The molecule has 0 spiro atoms. The van der Waals surface area contributed by atoms with Crippen LogP contribution in [-0.2, 0) is 4.79 Å². The topological polar surface area (TPSA) is 110 Å². The van der Waals surface area contributed by atoms with Crippen molar-refractivity contribution < 1.29 is 25.2 Å². The van der Waals surface area contributed by atoms with Crippen molar-refractivity contribution in [3.05, 3.63) is 12.2 Å². The van der Waals surface area contributed by atoms with Gasteiger partial charge in [-0.2, -0.15) is 0 Å². The molecule has 44 heavy (non-hydrogen) atoms. The predicted molar refractivity (Wildman–Crippen MR) is 187 cm³/mol. The third kappa shape index (κ3) is 27.4. The van der Waals surface area contributed by atoms with E-state index in [0.29, 0.717) is 12.8 Å². The number of nitrogens with one attached hydrogen (secondary N) is 1. The Morgan fingerprint density at radius 2 is 0.909 bits per heavy atom. The molecule has 0 radical (unpaired) electrons. The molecule has 4 atom stereocenters. The zero-order valence-corrected chi connectivity index (χ0v) is 29.2. The maximum atomic E-state index is 12.4. The third-order valence-corrected chi connectivity index (χ3v) is 8.98. The molecule has 0 aromatic carbocycles. The van der Waals surface area contributed by atoms with E-state index in [0.717, 1.165) is 44.9 Å². The molecule has 6 nitrogen and oxygen atoms in total. The van der Waals surface area contributed by atoms with Gasteiger partial charge in [0.05, 0.1) is 18.8 Å². The lowest BCUT2D eigenvalue weighted by Crippen LogP contribution is -2.53. The summed E-state index contributed by atoms with van der Waals surface area (Å²) in [5.74, 6) is -0.590. The van der Waals surface area contributed by atoms with Crippen LogP contribution in [0.15, 0.2) is 12.2 Å². The first-order chi connectivity index (χ1) is 21.5. The van der Waals surface area contributed by atoms with Gasteiger partial charge in [0, 0.05) is 0 Å². The van der Waals surface area contributed by atoms with Gasteiger partial charge in [0.1, 0.15) is 12.2 Å². The van der Waals surface area contributed by atoms with Crippen molar-refractivity contribution in [1.29, 1.82) is 0 Å². The Morgan fingerprint density at radius 3 is 1.34 bits per heavy atom. The first-order valence-electron chi connectivity index (χ1n) is 19.1. The quantitative estimate of drug-likeness (QED) is 0.0362. The van der Waals surface area contributed by atoms with Gasteiger partial charge in [-0.1, -0.05) is 167 Å². The number of carbonyl (C=O) groups is 1. The Labute approximate surface area is 272 Å². The third-order valence-electron chi connectivity index (χ3n) is 8.98. The second kappa shape index (κ2) is 33.4. The fourth-order valence-corrected chi connectivity index (χ4v) is 5.87. The Morgan fingerprint density at radius 1 is 0.545 bits per heavy atom. The van der Waals surface area contributed by atoms with Gasteiger partial charge in [0.25, 0.3) is 0 Å². The van der Waals surface area contributed by atoms with Crippen LogP contribution in [0, 0.1) is 0 Å². The number of hydrogen-bond acceptors (Lipinski definition) is 5. The largest absolute Gasteiger partial charge is 0.394 e. The summed E-state index contributed by atoms with van der Waals surface area (Å²) in [6.07, 6.45) is 33.7. The summed E-state index contributed by atoms with van der Waals surface area (Å²) in [6, 6.07) is -0.982. The first kappa shape index (κ1) is 43.0. The van der Waals surface area contributed by atoms with E-state index in [2.05, 4.69) is 31.3 Å². The van der Waals surface area contributed by atoms with E-state index >= 15 is 0 Å². The van der Waals surface area contributed by atoms with Gasteiger partial charge < -0.3 is 25.7 Å². The summed E-state index contributed by atoms with van der Waals surface area (Å²) in [5.41, 5.74) is 0. The molecule has 5 N–H and O–H groups in total. The number of rotatable bonds is 34. The molecule has 0 aliphatic heterocycles. The maximum absolute atomic E-state index is 12.4. The number of unbranched alkanes of at least 4 members (excludes halogenated alkanes) is 23. The monoisotopic (exact) mass is 626 g/mol. The number of amides is 1. The Kier molecular flexibility index (Phi) is 32.7. The molecular weight excluding hydrogens is 550 g/mol. The van der Waals surface area contributed by atoms with Gasteiger partial charge in [0.15, 0.2) is 0 Å². The summed E-state index contributed by atoms with van der Waals surface area (Å²) in [7, 11) is 0. The minimum absolute atomic E-state index is 0.364. The van der Waals surface area contributed by atoms with E-state index in [-0.39, 0.29) is 0 Å². The Bertz CT molecular complexity index is 628. The lowest BCUT2D eigenvalue weighted by atomic mass is 9.99. The highest BCUT2D eigenvalue weighted by atomic mass is 16.3. The van der Waals surface area contributed by atoms with Crippen molar-refractivity contribution in [3.8, 4) is 0 Å². The number of carbonyl (C=O) groups excluding carboxylic acids is 1. The van der Waals surface area contributed by atoms with Crippen LogP contribution < -0.4 is 5.32 Å². The summed E-state index contributed by atoms with van der Waals surface area (Å²) in [6.45, 7) is 4.02. The fraction of sp³-hybridized carbons (Fsp3) is 0.921. The van der Waals surface area contributed by atoms with Crippen molar-refractivity contribution in [3.63, 3.8) is 0 Å². The molecule has 0 heterocycles. The van der Waals surface area contributed by atoms with Crippen molar-refractivity contribution in [2.45, 2.75) is 218 Å². The van der Waals surface area contributed by atoms with Gasteiger partial charge in [-0.25, -0.2) is 0 Å². The Balaban J connectivity index is 3.81. The maximum Gasteiger partial charge on any atom is 0.249 e. The molecular formula is C38H75NO5. The van der Waals surface area contributed by atoms with Crippen LogP contribution in [0.4, 0.5) is 0 Å². The lowest BCUT2D eigenvalue weighted by Gasteiger charge is -2.27. The van der Waals surface area contributed by atoms with E-state index in [1.165, 1.54) is 122 Å². The van der Waals surface area contributed by atoms with Gasteiger partial charge >= 0.3 is 0 Å². The molecule has 0 aliphatic carbocycles. The summed E-state index contributed by atoms with van der Waals surface area (Å²) >= 11 is 0. The molecule has 4 unspecified atom stereocenters. The molecule has 0 aromatic rings. The molecule has 6 heteroatoms. The first-order valence-corrected chi connectivity index (χ1v) is 19.1. The molecule has 1 amide bonds. The van der Waals surface area contributed by atoms with Crippen LogP contribution in [0.3, 0.4) is 0 Å². The molecule has 0 saturated carbocycles. The number of hydrogen-bond donors (Lipinski definition) is 5. The second-order valence-electron chi connectivity index (χ2n) is 13.3. The highest BCUT2D eigenvalue weighted by Gasteiger charge is 2.28. The van der Waals surface area contributed by atoms with Crippen molar-refractivity contribution in [1.82, 2.24) is 5.32 Å². The van der Waals surface area contributed by atoms with E-state index in [1.54, 1.807) is 0 Å². The molecule has 0 saturated heterocycles. The minimum atomic E-state index is -1.26. The van der Waals surface area contributed by atoms with Crippen LogP contribution in [0.25, 0.3) is 0 Å². The summed E-state index contributed by atoms with van der Waals surface area (Å²) in [5, 5.41) is 43.5. The van der Waals surface area contributed by atoms with Crippen LogP contribution in [0.1, 0.15) is 194 Å². The molecule has 0 fully saturated rings. The van der Waals surface area contributed by atoms with E-state index in [9.17, 15) is 25.2 Å². The summed E-state index contributed by atoms with van der Waals surface area (Å²) in [4.78, 5) is 12.4. The highest BCUT2D eigenvalue weighted by Crippen LogP contribution is 2.16. The van der Waals surface area contributed by atoms with Gasteiger partial charge in [-0.3, -0.25) is 4.79 Å². The van der Waals surface area contributed by atoms with Crippen molar-refractivity contribution in [2.75, 3.05) is 6.61 Å². The SMILES string of the molecule is CCCCCC/C=C\CCCCCCCCC(O)C(=O)NC(CO)C(O)C(O)CCCCCCCCCCCCCCCC. The lowest BCUT2D eigenvalue weighted by molar-refractivity contribution is -0.132. The molecule has 0 rings (SSSR count). The number of aliphatic hydroxyl groups excluding tert-OH is 4. The Hall–Kier alpha value is -0.950. The fourth-order valence-electron chi connectivity index (χ4n) is 5.87. The minimum Gasteiger partial charge on any atom is -0.394 e. The smallest absolute Gasteiger partial charge is 0.249 e. The van der Waals surface area contributed by atoms with Crippen LogP contribution >= 0.6 is 0 Å². The van der Waals surface area contributed by atoms with Crippen molar-refractivity contribution in [2.24, 2.45) is 0 Å². The summed E-state index contributed by atoms with van der Waals surface area (Å²) < 4.78 is 0. The number of aliphatic hydroxyl groups is 4. The van der Waals surface area contributed by atoms with E-state index in [1.807, 2.05) is 0 Å². The second-order valence-corrected chi connectivity index (χ2v) is 13.3. The molecule has 0 bridgehead atoms. The van der Waals surface area contributed by atoms with Gasteiger partial charge in [0.2, 0.25) is 5.91 Å². The molecule has 0 aliphatic rings. The van der Waals surface area contributed by atoms with E-state index < -0.39 is 36.9 Å². The zero-order chi connectivity index (χ0) is 32.5. The van der Waals surface area contributed by atoms with Gasteiger partial charge in [-0.05, 0) is 38.5 Å². The number of allylic oxidation sites excluding steroid dienone is 2. The normalized spacial score (nSPS) is 14.6. The van der Waals surface area contributed by atoms with Crippen LogP contribution in [-0.4, -0.2) is 57.3 Å². The average molecular weight is 626 g/mol. The zero-order valence-electron chi connectivity index (χ0n) is 29.2. The van der Waals surface area contributed by atoms with Crippen LogP contribution in [0.2, 0.25) is 0 Å². The highest BCUT2D eigenvalue weighted by molar-refractivity contribution is 5.80. The average Bonchev–Trinajstić information content (AvgIpc) is 3.03. The van der Waals surface area contributed by atoms with E-state index in [4.69, 9.17) is 0 Å². The standard InChI is InChI=1S/C38H75NO5/c1-3-5-7-9-11-13-15-17-19-21-23-25-27-29-31-35(41)37(43)34(33-40)39-38(44)36(42)32-30-28-26-24-22-20-18-16-14-12-10-8-6-4-2/h14,16,34-37,40-43H,3-13,15,17-33H2,1-2H3,(H,39,44)/b16-14-. The predicted octanol–water partition coefficient (Wildman–Crippen LogP) is 9.07. The molecule has 0 aromatic heterocycles. The molecule has 262 valence electrons. The van der Waals surface area contributed by atoms with Gasteiger partial charge in [-0.15, -0.1) is 0 Å².